The first-order chi connectivity index (χ1) is 11.8. The summed E-state index contributed by atoms with van der Waals surface area (Å²) in [6, 6.07) is 12.3. The molecule has 1 amide bonds. The fraction of sp³-hybridized carbons (Fsp3) is 0.0588. The van der Waals surface area contributed by atoms with Crippen molar-refractivity contribution in [3.63, 3.8) is 0 Å². The summed E-state index contributed by atoms with van der Waals surface area (Å²) in [4.78, 5) is 12.0. The van der Waals surface area contributed by atoms with E-state index in [2.05, 4.69) is 10.6 Å². The summed E-state index contributed by atoms with van der Waals surface area (Å²) in [6.45, 7) is 0. The number of nitriles is 1. The van der Waals surface area contributed by atoms with Gasteiger partial charge in [-0.1, -0.05) is 17.7 Å². The second-order valence-electron chi connectivity index (χ2n) is 4.85. The molecule has 2 aromatic rings. The maximum atomic E-state index is 12.5. The zero-order valence-electron chi connectivity index (χ0n) is 12.6. The maximum Gasteiger partial charge on any atom is 0.416 e. The molecule has 2 N–H and O–H groups in total. The van der Waals surface area contributed by atoms with Crippen molar-refractivity contribution in [1.29, 1.82) is 5.26 Å². The van der Waals surface area contributed by atoms with E-state index in [0.29, 0.717) is 16.4 Å². The Bertz CT molecular complexity index is 839. The van der Waals surface area contributed by atoms with E-state index in [-0.39, 0.29) is 5.57 Å². The van der Waals surface area contributed by atoms with Gasteiger partial charge in [-0.25, -0.2) is 0 Å². The van der Waals surface area contributed by atoms with Crippen LogP contribution in [0.3, 0.4) is 0 Å². The number of benzene rings is 2. The van der Waals surface area contributed by atoms with Crippen LogP contribution in [-0.2, 0) is 11.0 Å². The summed E-state index contributed by atoms with van der Waals surface area (Å²) in [5.74, 6) is -0.677. The summed E-state index contributed by atoms with van der Waals surface area (Å²) >= 11 is 5.80. The largest absolute Gasteiger partial charge is 0.416 e. The van der Waals surface area contributed by atoms with Gasteiger partial charge in [0.15, 0.2) is 0 Å². The first-order valence-corrected chi connectivity index (χ1v) is 7.28. The molecule has 2 rings (SSSR count). The summed E-state index contributed by atoms with van der Waals surface area (Å²) in [5.41, 5.74) is -0.328. The second kappa shape index (κ2) is 7.73. The normalized spacial score (nSPS) is 11.6. The third-order valence-corrected chi connectivity index (χ3v) is 3.28. The number of nitrogens with zero attached hydrogens (tertiary/aromatic N) is 1. The molecule has 0 aliphatic heterocycles. The van der Waals surface area contributed by atoms with Gasteiger partial charge in [0.05, 0.1) is 5.56 Å². The van der Waals surface area contributed by atoms with E-state index >= 15 is 0 Å². The number of amides is 1. The lowest BCUT2D eigenvalue weighted by Gasteiger charge is -2.08. The van der Waals surface area contributed by atoms with E-state index < -0.39 is 17.6 Å². The third kappa shape index (κ3) is 5.26. The molecule has 128 valence electrons. The lowest BCUT2D eigenvalue weighted by atomic mass is 10.2. The molecule has 25 heavy (non-hydrogen) atoms. The second-order valence-corrected chi connectivity index (χ2v) is 5.29. The van der Waals surface area contributed by atoms with E-state index in [0.717, 1.165) is 18.3 Å². The van der Waals surface area contributed by atoms with Crippen molar-refractivity contribution < 1.29 is 18.0 Å². The highest BCUT2D eigenvalue weighted by Gasteiger charge is 2.29. The summed E-state index contributed by atoms with van der Waals surface area (Å²) in [5, 5.41) is 14.6. The molecule has 0 atom stereocenters. The minimum Gasteiger partial charge on any atom is -0.360 e. The molecule has 0 spiro atoms. The van der Waals surface area contributed by atoms with Crippen molar-refractivity contribution in [2.45, 2.75) is 6.18 Å². The number of carbonyl (C=O) groups excluding carboxylic acids is 1. The van der Waals surface area contributed by atoms with Crippen LogP contribution in [-0.4, -0.2) is 5.91 Å². The van der Waals surface area contributed by atoms with Gasteiger partial charge in [-0.2, -0.15) is 18.4 Å². The van der Waals surface area contributed by atoms with Gasteiger partial charge in [-0.05, 0) is 42.5 Å². The van der Waals surface area contributed by atoms with Crippen LogP contribution in [0.1, 0.15) is 5.56 Å². The van der Waals surface area contributed by atoms with Crippen molar-refractivity contribution in [3.05, 3.63) is 70.9 Å². The SMILES string of the molecule is N#C/C(=C/Nc1ccc(C(F)(F)F)cc1)C(=O)Nc1cccc(Cl)c1. The number of rotatable bonds is 4. The van der Waals surface area contributed by atoms with Crippen LogP contribution in [0.2, 0.25) is 5.02 Å². The standard InChI is InChI=1S/C17H11ClF3N3O/c18-13-2-1-3-15(8-13)24-16(25)11(9-22)10-23-14-6-4-12(5-7-14)17(19,20)21/h1-8,10,23H,(H,24,25)/b11-10-. The summed E-state index contributed by atoms with van der Waals surface area (Å²) in [6.07, 6.45) is -3.31. The zero-order valence-corrected chi connectivity index (χ0v) is 13.3. The van der Waals surface area contributed by atoms with Crippen LogP contribution < -0.4 is 10.6 Å². The number of hydrogen-bond acceptors (Lipinski definition) is 3. The average Bonchev–Trinajstić information content (AvgIpc) is 2.55. The van der Waals surface area contributed by atoms with Crippen molar-refractivity contribution in [1.82, 2.24) is 0 Å². The molecular weight excluding hydrogens is 355 g/mol. The Hall–Kier alpha value is -2.98. The van der Waals surface area contributed by atoms with Gasteiger partial charge in [-0.3, -0.25) is 4.79 Å². The molecular formula is C17H11ClF3N3O. The van der Waals surface area contributed by atoms with Gasteiger partial charge in [0.25, 0.3) is 5.91 Å². The van der Waals surface area contributed by atoms with Gasteiger partial charge >= 0.3 is 6.18 Å². The Kier molecular flexibility index (Phi) is 5.67. The maximum absolute atomic E-state index is 12.5. The molecule has 0 aliphatic rings. The van der Waals surface area contributed by atoms with Gasteiger partial charge in [0.2, 0.25) is 0 Å². The topological polar surface area (TPSA) is 64.9 Å². The molecule has 8 heteroatoms. The first-order valence-electron chi connectivity index (χ1n) is 6.90. The van der Waals surface area contributed by atoms with E-state index in [1.54, 1.807) is 24.3 Å². The molecule has 0 saturated carbocycles. The molecule has 0 fully saturated rings. The predicted molar refractivity (Wildman–Crippen MR) is 88.8 cm³/mol. The monoisotopic (exact) mass is 365 g/mol. The number of hydrogen-bond donors (Lipinski definition) is 2. The number of halogens is 4. The van der Waals surface area contributed by atoms with Crippen LogP contribution in [0.25, 0.3) is 0 Å². The smallest absolute Gasteiger partial charge is 0.360 e. The molecule has 0 saturated heterocycles. The Morgan fingerprint density at radius 1 is 1.12 bits per heavy atom. The van der Waals surface area contributed by atoms with Crippen LogP contribution in [0.15, 0.2) is 60.3 Å². The van der Waals surface area contributed by atoms with E-state index in [4.69, 9.17) is 16.9 Å². The number of carbonyl (C=O) groups is 1. The lowest BCUT2D eigenvalue weighted by molar-refractivity contribution is -0.137. The molecule has 0 heterocycles. The minimum absolute atomic E-state index is 0.250. The van der Waals surface area contributed by atoms with Crippen molar-refractivity contribution in [3.8, 4) is 6.07 Å². The highest BCUT2D eigenvalue weighted by molar-refractivity contribution is 6.31. The van der Waals surface area contributed by atoms with Crippen molar-refractivity contribution >= 4 is 28.9 Å². The Morgan fingerprint density at radius 2 is 1.80 bits per heavy atom. The quantitative estimate of drug-likeness (QED) is 0.603. The van der Waals surface area contributed by atoms with Gasteiger partial charge in [-0.15, -0.1) is 0 Å². The highest BCUT2D eigenvalue weighted by Crippen LogP contribution is 2.29. The molecule has 0 aromatic heterocycles. The molecule has 0 aliphatic carbocycles. The average molecular weight is 366 g/mol. The number of alkyl halides is 3. The van der Waals surface area contributed by atoms with Gasteiger partial charge in [0.1, 0.15) is 11.6 Å². The minimum atomic E-state index is -4.43. The van der Waals surface area contributed by atoms with E-state index in [1.807, 2.05) is 0 Å². The van der Waals surface area contributed by atoms with E-state index in [9.17, 15) is 18.0 Å². The van der Waals surface area contributed by atoms with Crippen LogP contribution in [0.4, 0.5) is 24.5 Å². The zero-order chi connectivity index (χ0) is 18.4. The van der Waals surface area contributed by atoms with Crippen molar-refractivity contribution in [2.75, 3.05) is 10.6 Å². The number of anilines is 2. The summed E-state index contributed by atoms with van der Waals surface area (Å²) in [7, 11) is 0. The molecule has 2 aromatic carbocycles. The van der Waals surface area contributed by atoms with Crippen LogP contribution in [0, 0.1) is 11.3 Å². The Labute approximate surface area is 146 Å². The number of nitrogens with one attached hydrogen (secondary N) is 2. The fourth-order valence-corrected chi connectivity index (χ4v) is 2.01. The fourth-order valence-electron chi connectivity index (χ4n) is 1.82. The molecule has 0 bridgehead atoms. The summed E-state index contributed by atoms with van der Waals surface area (Å²) < 4.78 is 37.5. The molecule has 0 unspecified atom stereocenters. The van der Waals surface area contributed by atoms with Crippen LogP contribution >= 0.6 is 11.6 Å². The Morgan fingerprint density at radius 3 is 2.36 bits per heavy atom. The molecule has 0 radical (unpaired) electrons. The third-order valence-electron chi connectivity index (χ3n) is 3.04. The predicted octanol–water partition coefficient (Wildman–Crippen LogP) is 4.82. The highest BCUT2D eigenvalue weighted by atomic mass is 35.5. The van der Waals surface area contributed by atoms with Crippen LogP contribution in [0.5, 0.6) is 0 Å². The molecule has 4 nitrogen and oxygen atoms in total. The van der Waals surface area contributed by atoms with Crippen molar-refractivity contribution in [2.24, 2.45) is 0 Å². The lowest BCUT2D eigenvalue weighted by Crippen LogP contribution is -2.14. The van der Waals surface area contributed by atoms with Gasteiger partial charge < -0.3 is 10.6 Å². The first kappa shape index (κ1) is 18.4. The van der Waals surface area contributed by atoms with Gasteiger partial charge in [0, 0.05) is 22.6 Å². The van der Waals surface area contributed by atoms with E-state index in [1.165, 1.54) is 18.2 Å². The Balaban J connectivity index is 2.07.